The van der Waals surface area contributed by atoms with E-state index in [1.165, 1.54) is 77.2 Å². The molecule has 0 amide bonds. The number of quaternary nitrogens is 1. The molecule has 0 aromatic heterocycles. The highest BCUT2D eigenvalue weighted by Gasteiger charge is 2.12. The van der Waals surface area contributed by atoms with Gasteiger partial charge in [-0.1, -0.05) is 64.7 Å². The van der Waals surface area contributed by atoms with Crippen molar-refractivity contribution >= 4 is 0 Å². The minimum Gasteiger partial charge on any atom is -1.00 e. The lowest BCUT2D eigenvalue weighted by atomic mass is 10.1. The molecule has 0 heterocycles. The van der Waals surface area contributed by atoms with Crippen molar-refractivity contribution in [1.29, 1.82) is 0 Å². The zero-order valence-corrected chi connectivity index (χ0v) is 14.9. The molecule has 0 aliphatic carbocycles. The first-order valence-electron chi connectivity index (χ1n) is 8.55. The van der Waals surface area contributed by atoms with Crippen molar-refractivity contribution in [3.05, 3.63) is 0 Å². The lowest BCUT2D eigenvalue weighted by molar-refractivity contribution is -0.890. The fourth-order valence-electron chi connectivity index (χ4n) is 2.59. The maximum absolute atomic E-state index is 8.96. The maximum Gasteiger partial charge on any atom is 0.102 e. The number of rotatable bonds is 14. The first-order valence-corrected chi connectivity index (χ1v) is 8.55. The lowest BCUT2D eigenvalue weighted by Crippen LogP contribution is -3.00. The summed E-state index contributed by atoms with van der Waals surface area (Å²) >= 11 is 0. The summed E-state index contributed by atoms with van der Waals surface area (Å²) in [5.41, 5.74) is 0. The Bertz CT molecular complexity index is 186. The van der Waals surface area contributed by atoms with Gasteiger partial charge in [0, 0.05) is 0 Å². The number of aliphatic hydroxyl groups is 1. The highest BCUT2D eigenvalue weighted by molar-refractivity contribution is 4.48. The van der Waals surface area contributed by atoms with E-state index in [0.717, 1.165) is 11.0 Å². The normalized spacial score (nSPS) is 11.4. The van der Waals surface area contributed by atoms with Crippen molar-refractivity contribution in [2.24, 2.45) is 0 Å². The van der Waals surface area contributed by atoms with Gasteiger partial charge in [0.05, 0.1) is 27.2 Å². The Balaban J connectivity index is 0. The van der Waals surface area contributed by atoms with Crippen molar-refractivity contribution in [1.82, 2.24) is 0 Å². The Morgan fingerprint density at radius 2 is 1.05 bits per heavy atom. The van der Waals surface area contributed by atoms with Crippen LogP contribution in [0.25, 0.3) is 0 Å². The molecule has 0 aliphatic rings. The first-order chi connectivity index (χ1) is 9.12. The summed E-state index contributed by atoms with van der Waals surface area (Å²) in [6.45, 7) is 4.68. The van der Waals surface area contributed by atoms with Crippen LogP contribution in [0, 0.1) is 0 Å². The Morgan fingerprint density at radius 3 is 1.45 bits per heavy atom. The van der Waals surface area contributed by atoms with Crippen LogP contribution in [-0.2, 0) is 0 Å². The third kappa shape index (κ3) is 16.3. The molecule has 0 fully saturated rings. The average molecular weight is 308 g/mol. The van der Waals surface area contributed by atoms with Crippen molar-refractivity contribution in [3.8, 4) is 0 Å². The van der Waals surface area contributed by atoms with E-state index in [4.69, 9.17) is 5.11 Å². The number of halogens is 1. The molecule has 0 radical (unpaired) electrons. The molecule has 0 aromatic rings. The number of unbranched alkanes of at least 4 members (excludes halogenated alkanes) is 10. The van der Waals surface area contributed by atoms with Gasteiger partial charge in [-0.2, -0.15) is 0 Å². The zero-order chi connectivity index (χ0) is 14.4. The average Bonchev–Trinajstić information content (AvgIpc) is 2.36. The van der Waals surface area contributed by atoms with E-state index in [1.807, 2.05) is 0 Å². The number of likely N-dealkylation sites (N-methyl/N-ethyl adjacent to an activating group) is 1. The quantitative estimate of drug-likeness (QED) is 0.380. The monoisotopic (exact) mass is 307 g/mol. The number of nitrogens with zero attached hydrogens (tertiary/aromatic N) is 1. The summed E-state index contributed by atoms with van der Waals surface area (Å²) in [6.07, 6.45) is 15.5. The van der Waals surface area contributed by atoms with Crippen LogP contribution in [0.5, 0.6) is 0 Å². The van der Waals surface area contributed by atoms with Crippen molar-refractivity contribution in [2.75, 3.05) is 33.8 Å². The summed E-state index contributed by atoms with van der Waals surface area (Å²) in [5, 5.41) is 8.96. The van der Waals surface area contributed by atoms with Crippen molar-refractivity contribution in [2.45, 2.75) is 77.6 Å². The molecule has 2 nitrogen and oxygen atoms in total. The highest BCUT2D eigenvalue weighted by Crippen LogP contribution is 2.12. The molecule has 0 atom stereocenters. The van der Waals surface area contributed by atoms with E-state index in [-0.39, 0.29) is 12.4 Å². The minimum absolute atomic E-state index is 0. The molecule has 0 unspecified atom stereocenters. The lowest BCUT2D eigenvalue weighted by Gasteiger charge is -2.28. The van der Waals surface area contributed by atoms with Crippen LogP contribution in [0.2, 0.25) is 0 Å². The van der Waals surface area contributed by atoms with Gasteiger partial charge in [-0.05, 0) is 12.8 Å². The van der Waals surface area contributed by atoms with Gasteiger partial charge in [-0.3, -0.25) is 0 Å². The van der Waals surface area contributed by atoms with Gasteiger partial charge in [0.1, 0.15) is 6.54 Å². The van der Waals surface area contributed by atoms with Crippen LogP contribution < -0.4 is 12.4 Å². The summed E-state index contributed by atoms with van der Waals surface area (Å²) in [7, 11) is 4.43. The molecule has 0 bridgehead atoms. The standard InChI is InChI=1S/C17H38NO.ClH/c1-4-5-6-7-8-9-10-11-12-13-14-15-18(2,3)16-17-19;/h19H,4-17H2,1-3H3;1H/q+1;/p-1. The molecule has 0 spiro atoms. The van der Waals surface area contributed by atoms with Crippen LogP contribution in [0.4, 0.5) is 0 Å². The number of hydrogen-bond donors (Lipinski definition) is 1. The summed E-state index contributed by atoms with van der Waals surface area (Å²) in [5.74, 6) is 0. The van der Waals surface area contributed by atoms with Gasteiger partial charge in [-0.25, -0.2) is 0 Å². The van der Waals surface area contributed by atoms with E-state index in [1.54, 1.807) is 0 Å². The zero-order valence-electron chi connectivity index (χ0n) is 14.2. The largest absolute Gasteiger partial charge is 1.00 e. The minimum atomic E-state index is 0. The summed E-state index contributed by atoms with van der Waals surface area (Å²) in [6, 6.07) is 0. The molecule has 0 saturated carbocycles. The van der Waals surface area contributed by atoms with Gasteiger partial charge in [0.15, 0.2) is 0 Å². The fourth-order valence-corrected chi connectivity index (χ4v) is 2.59. The Kier molecular flexibility index (Phi) is 17.5. The topological polar surface area (TPSA) is 20.2 Å². The van der Waals surface area contributed by atoms with Crippen molar-refractivity contribution in [3.63, 3.8) is 0 Å². The third-order valence-electron chi connectivity index (χ3n) is 4.07. The SMILES string of the molecule is CCCCCCCCCCCCC[N+](C)(C)CCO.[Cl-]. The van der Waals surface area contributed by atoms with Gasteiger partial charge in [0.2, 0.25) is 0 Å². The molecule has 20 heavy (non-hydrogen) atoms. The molecule has 124 valence electrons. The molecule has 1 N–H and O–H groups in total. The van der Waals surface area contributed by atoms with E-state index in [2.05, 4.69) is 21.0 Å². The number of aliphatic hydroxyl groups excluding tert-OH is 1. The molecule has 3 heteroatoms. The first kappa shape index (κ1) is 22.5. The second-order valence-corrected chi connectivity index (χ2v) is 6.64. The Morgan fingerprint density at radius 1 is 0.650 bits per heavy atom. The van der Waals surface area contributed by atoms with E-state index in [0.29, 0.717) is 6.61 Å². The predicted octanol–water partition coefficient (Wildman–Crippen LogP) is 1.37. The van der Waals surface area contributed by atoms with Crippen LogP contribution in [0.15, 0.2) is 0 Å². The van der Waals surface area contributed by atoms with Crippen LogP contribution in [0.1, 0.15) is 77.6 Å². The molecule has 0 saturated heterocycles. The molecule has 0 rings (SSSR count). The molecule has 0 aromatic carbocycles. The smallest absolute Gasteiger partial charge is 0.102 e. The predicted molar refractivity (Wildman–Crippen MR) is 85.4 cm³/mol. The number of hydrogen-bond acceptors (Lipinski definition) is 1. The van der Waals surface area contributed by atoms with Crippen LogP contribution in [0.3, 0.4) is 0 Å². The van der Waals surface area contributed by atoms with E-state index >= 15 is 0 Å². The van der Waals surface area contributed by atoms with Crippen LogP contribution in [-0.4, -0.2) is 43.4 Å². The molecular weight excluding hydrogens is 270 g/mol. The Labute approximate surface area is 133 Å². The van der Waals surface area contributed by atoms with Gasteiger partial charge >= 0.3 is 0 Å². The Hall–Kier alpha value is 0.210. The van der Waals surface area contributed by atoms with Crippen molar-refractivity contribution < 1.29 is 22.0 Å². The van der Waals surface area contributed by atoms with Gasteiger partial charge < -0.3 is 22.0 Å². The second-order valence-electron chi connectivity index (χ2n) is 6.64. The van der Waals surface area contributed by atoms with Gasteiger partial charge in [-0.15, -0.1) is 0 Å². The molecular formula is C17H38ClNO. The maximum atomic E-state index is 8.96. The molecule has 0 aliphatic heterocycles. The summed E-state index contributed by atoms with van der Waals surface area (Å²) in [4.78, 5) is 0. The van der Waals surface area contributed by atoms with Crippen LogP contribution >= 0.6 is 0 Å². The second kappa shape index (κ2) is 15.6. The van der Waals surface area contributed by atoms with Gasteiger partial charge in [0.25, 0.3) is 0 Å². The summed E-state index contributed by atoms with van der Waals surface area (Å²) < 4.78 is 0.966. The van der Waals surface area contributed by atoms with E-state index < -0.39 is 0 Å². The fraction of sp³-hybridized carbons (Fsp3) is 1.00. The van der Waals surface area contributed by atoms with E-state index in [9.17, 15) is 0 Å². The highest BCUT2D eigenvalue weighted by atomic mass is 35.5. The third-order valence-corrected chi connectivity index (χ3v) is 4.07.